The molecule has 1 N–H and O–H groups in total. The normalized spacial score (nSPS) is 14.9. The molecule has 36 heavy (non-hydrogen) atoms. The summed E-state index contributed by atoms with van der Waals surface area (Å²) in [4.78, 5) is 13.6. The average Bonchev–Trinajstić information content (AvgIpc) is 3.59. The number of aliphatic carboxylic acids is 1. The van der Waals surface area contributed by atoms with E-state index in [1.807, 2.05) is 60.8 Å². The van der Waals surface area contributed by atoms with Crippen LogP contribution in [-0.2, 0) is 11.3 Å². The molecule has 5 nitrogen and oxygen atoms in total. The minimum atomic E-state index is -0.834. The van der Waals surface area contributed by atoms with Gasteiger partial charge in [0.05, 0.1) is 17.6 Å². The Morgan fingerprint density at radius 2 is 1.97 bits per heavy atom. The fourth-order valence-electron chi connectivity index (χ4n) is 5.09. The number of halogens is 2. The minimum Gasteiger partial charge on any atom is -0.481 e. The Labute approximate surface area is 216 Å². The van der Waals surface area contributed by atoms with Crippen LogP contribution in [0.25, 0.3) is 27.7 Å². The largest absolute Gasteiger partial charge is 0.481 e. The molecule has 180 valence electrons. The third-order valence-electron chi connectivity index (χ3n) is 6.59. The Morgan fingerprint density at radius 3 is 2.72 bits per heavy atom. The van der Waals surface area contributed by atoms with Crippen LogP contribution in [0, 0.1) is 5.82 Å². The quantitative estimate of drug-likeness (QED) is 0.255. The maximum absolute atomic E-state index is 15.1. The molecule has 1 unspecified atom stereocenters. The molecule has 0 amide bonds. The van der Waals surface area contributed by atoms with E-state index in [9.17, 15) is 9.90 Å². The summed E-state index contributed by atoms with van der Waals surface area (Å²) in [5.41, 5.74) is 4.25. The highest BCUT2D eigenvalue weighted by Crippen LogP contribution is 2.49. The van der Waals surface area contributed by atoms with Gasteiger partial charge in [-0.2, -0.15) is 5.10 Å². The number of aromatic nitrogens is 3. The number of carbonyl (C=O) groups is 1. The second-order valence-corrected chi connectivity index (χ2v) is 10.4. The molecule has 0 fully saturated rings. The highest BCUT2D eigenvalue weighted by Gasteiger charge is 2.33. The first kappa shape index (κ1) is 22.9. The van der Waals surface area contributed by atoms with E-state index >= 15 is 4.39 Å². The van der Waals surface area contributed by atoms with E-state index in [0.717, 1.165) is 43.2 Å². The zero-order valence-electron chi connectivity index (χ0n) is 19.1. The molecule has 8 heteroatoms. The maximum atomic E-state index is 15.1. The van der Waals surface area contributed by atoms with Crippen molar-refractivity contribution in [1.82, 2.24) is 14.3 Å². The van der Waals surface area contributed by atoms with Gasteiger partial charge in [0, 0.05) is 50.8 Å². The van der Waals surface area contributed by atoms with Gasteiger partial charge in [-0.3, -0.25) is 4.79 Å². The Balaban J connectivity index is 1.60. The van der Waals surface area contributed by atoms with E-state index in [-0.39, 0.29) is 18.2 Å². The zero-order valence-corrected chi connectivity index (χ0v) is 20.6. The van der Waals surface area contributed by atoms with Crippen LogP contribution in [0.1, 0.15) is 24.5 Å². The van der Waals surface area contributed by atoms with E-state index in [2.05, 4.69) is 9.67 Å². The van der Waals surface area contributed by atoms with E-state index < -0.39 is 5.97 Å². The molecule has 0 bridgehead atoms. The Bertz CT molecular complexity index is 1600. The smallest absolute Gasteiger partial charge is 0.304 e. The zero-order chi connectivity index (χ0) is 24.8. The van der Waals surface area contributed by atoms with Crippen molar-refractivity contribution in [1.29, 1.82) is 0 Å². The predicted molar refractivity (Wildman–Crippen MR) is 140 cm³/mol. The van der Waals surface area contributed by atoms with Crippen LogP contribution < -0.4 is 0 Å². The Hall–Kier alpha value is -3.55. The maximum Gasteiger partial charge on any atom is 0.304 e. The van der Waals surface area contributed by atoms with Crippen LogP contribution in [0.5, 0.6) is 0 Å². The van der Waals surface area contributed by atoms with Crippen molar-refractivity contribution in [3.63, 3.8) is 0 Å². The fourth-order valence-corrected chi connectivity index (χ4v) is 6.42. The molecule has 1 aliphatic heterocycles. The van der Waals surface area contributed by atoms with E-state index in [1.165, 1.54) is 0 Å². The van der Waals surface area contributed by atoms with Crippen molar-refractivity contribution in [2.75, 3.05) is 0 Å². The lowest BCUT2D eigenvalue weighted by atomic mass is 9.97. The van der Waals surface area contributed by atoms with Gasteiger partial charge in [0.15, 0.2) is 0 Å². The lowest BCUT2D eigenvalue weighted by molar-refractivity contribution is -0.137. The number of fused-ring (bicyclic) bond motifs is 3. The number of carboxylic acids is 1. The standard InChI is InChI=1S/C28H21ClFN3O2S/c29-19-5-7-22(8-6-19)36-28-26-23(17-3-1-4-21(13-17)33-11-2-10-31-33)15-20(30)16-24(26)32-12-9-18(27(28)32)14-25(34)35/h1-8,10-11,13,15-16,18H,9,12,14H2,(H,34,35). The van der Waals surface area contributed by atoms with Gasteiger partial charge >= 0.3 is 5.97 Å². The number of hydrogen-bond donors (Lipinski definition) is 1. The second kappa shape index (κ2) is 9.15. The fraction of sp³-hybridized carbons (Fsp3) is 0.143. The molecule has 0 aliphatic carbocycles. The van der Waals surface area contributed by atoms with E-state index in [0.29, 0.717) is 18.0 Å². The van der Waals surface area contributed by atoms with E-state index in [4.69, 9.17) is 11.6 Å². The summed E-state index contributed by atoms with van der Waals surface area (Å²) in [6, 6.07) is 20.4. The summed E-state index contributed by atoms with van der Waals surface area (Å²) >= 11 is 7.69. The van der Waals surface area contributed by atoms with Crippen LogP contribution in [0.4, 0.5) is 4.39 Å². The van der Waals surface area contributed by atoms with Crippen LogP contribution in [0.2, 0.25) is 5.02 Å². The molecule has 1 atom stereocenters. The van der Waals surface area contributed by atoms with Crippen molar-refractivity contribution in [3.05, 3.63) is 95.7 Å². The molecule has 3 heterocycles. The topological polar surface area (TPSA) is 60.0 Å². The highest BCUT2D eigenvalue weighted by molar-refractivity contribution is 7.99. The summed E-state index contributed by atoms with van der Waals surface area (Å²) in [5, 5.41) is 15.5. The average molecular weight is 518 g/mol. The number of benzene rings is 3. The molecular formula is C28H21ClFN3O2S. The second-order valence-electron chi connectivity index (χ2n) is 8.85. The van der Waals surface area contributed by atoms with Gasteiger partial charge in [-0.15, -0.1) is 0 Å². The van der Waals surface area contributed by atoms with Crippen molar-refractivity contribution in [2.24, 2.45) is 0 Å². The molecule has 6 rings (SSSR count). The first-order chi connectivity index (χ1) is 17.5. The van der Waals surface area contributed by atoms with Crippen molar-refractivity contribution < 1.29 is 14.3 Å². The molecule has 0 saturated heterocycles. The van der Waals surface area contributed by atoms with Gasteiger partial charge in [0.25, 0.3) is 0 Å². The first-order valence-corrected chi connectivity index (χ1v) is 12.8. The number of nitrogens with zero attached hydrogens (tertiary/aromatic N) is 3. The third-order valence-corrected chi connectivity index (χ3v) is 7.97. The molecule has 0 saturated carbocycles. The number of aryl methyl sites for hydroxylation is 1. The summed E-state index contributed by atoms with van der Waals surface area (Å²) < 4.78 is 18.9. The van der Waals surface area contributed by atoms with Crippen LogP contribution in [0.3, 0.4) is 0 Å². The van der Waals surface area contributed by atoms with Crippen LogP contribution in [0.15, 0.2) is 88.9 Å². The number of carboxylic acid groups (broad SMARTS) is 1. The summed E-state index contributed by atoms with van der Waals surface area (Å²) in [6.45, 7) is 0.654. The monoisotopic (exact) mass is 517 g/mol. The number of hydrogen-bond acceptors (Lipinski definition) is 3. The minimum absolute atomic E-state index is 0.0388. The first-order valence-electron chi connectivity index (χ1n) is 11.6. The summed E-state index contributed by atoms with van der Waals surface area (Å²) in [6.07, 6.45) is 4.34. The van der Waals surface area contributed by atoms with Crippen molar-refractivity contribution in [2.45, 2.75) is 35.1 Å². The molecule has 1 aliphatic rings. The van der Waals surface area contributed by atoms with Gasteiger partial charge < -0.3 is 9.67 Å². The molecule has 0 spiro atoms. The SMILES string of the molecule is O=C(O)CC1CCn2c1c(Sc1ccc(Cl)cc1)c1c(-c3cccc(-n4cccn4)c3)cc(F)cc12. The summed E-state index contributed by atoms with van der Waals surface area (Å²) in [7, 11) is 0. The molecule has 3 aromatic carbocycles. The Kier molecular flexibility index (Phi) is 5.82. The lowest BCUT2D eigenvalue weighted by Crippen LogP contribution is -2.04. The molecule has 5 aromatic rings. The highest BCUT2D eigenvalue weighted by atomic mass is 35.5. The van der Waals surface area contributed by atoms with Gasteiger partial charge in [-0.25, -0.2) is 9.07 Å². The van der Waals surface area contributed by atoms with Crippen molar-refractivity contribution >= 4 is 40.2 Å². The summed E-state index contributed by atoms with van der Waals surface area (Å²) in [5.74, 6) is -1.30. The van der Waals surface area contributed by atoms with Gasteiger partial charge in [0.2, 0.25) is 0 Å². The van der Waals surface area contributed by atoms with Gasteiger partial charge in [-0.1, -0.05) is 35.5 Å². The van der Waals surface area contributed by atoms with Gasteiger partial charge in [0.1, 0.15) is 5.82 Å². The molecular weight excluding hydrogens is 497 g/mol. The van der Waals surface area contributed by atoms with Gasteiger partial charge in [-0.05, 0) is 72.1 Å². The Morgan fingerprint density at radius 1 is 1.14 bits per heavy atom. The number of rotatable bonds is 6. The van der Waals surface area contributed by atoms with Crippen LogP contribution in [-0.4, -0.2) is 25.4 Å². The molecule has 2 aromatic heterocycles. The predicted octanol–water partition coefficient (Wildman–Crippen LogP) is 7.40. The van der Waals surface area contributed by atoms with Crippen LogP contribution >= 0.6 is 23.4 Å². The lowest BCUT2D eigenvalue weighted by Gasteiger charge is -2.13. The molecule has 0 radical (unpaired) electrons. The third kappa shape index (κ3) is 4.08. The van der Waals surface area contributed by atoms with E-state index in [1.54, 1.807) is 34.8 Å². The van der Waals surface area contributed by atoms with Crippen molar-refractivity contribution in [3.8, 4) is 16.8 Å².